The molecule has 8 nitrogen and oxygen atoms in total. The van der Waals surface area contributed by atoms with E-state index < -0.39 is 5.97 Å². The van der Waals surface area contributed by atoms with Crippen molar-refractivity contribution in [2.75, 3.05) is 25.6 Å². The Kier molecular flexibility index (Phi) is 8.37. The van der Waals surface area contributed by atoms with Crippen LogP contribution in [0.4, 0.5) is 11.4 Å². The number of ether oxygens (including phenoxy) is 2. The number of nitrogens with one attached hydrogen (secondary N) is 1. The molecule has 1 heterocycles. The minimum atomic E-state index is -0.420. The number of anilines is 1. The highest BCUT2D eigenvalue weighted by molar-refractivity contribution is 8.18. The highest BCUT2D eigenvalue weighted by Gasteiger charge is 2.32. The molecule has 1 N–H and O–H groups in total. The number of hydrogen-bond donors (Lipinski definition) is 1. The molecule has 37 heavy (non-hydrogen) atoms. The Hall–Kier alpha value is -4.37. The molecule has 0 atom stereocenters. The number of likely N-dealkylation sites (N-methyl/N-ethyl adjacent to an activating group) is 1. The van der Waals surface area contributed by atoms with E-state index in [1.165, 1.54) is 18.9 Å². The van der Waals surface area contributed by atoms with Gasteiger partial charge in [-0.3, -0.25) is 14.5 Å². The summed E-state index contributed by atoms with van der Waals surface area (Å²) in [6, 6.07) is 23.0. The van der Waals surface area contributed by atoms with Crippen LogP contribution in [-0.2, 0) is 14.3 Å². The Bertz CT molecular complexity index is 1340. The number of esters is 1. The number of rotatable bonds is 8. The van der Waals surface area contributed by atoms with Gasteiger partial charge in [0.2, 0.25) is 0 Å². The van der Waals surface area contributed by atoms with Crippen LogP contribution in [0.5, 0.6) is 5.75 Å². The molecule has 1 aliphatic rings. The summed E-state index contributed by atoms with van der Waals surface area (Å²) in [5.41, 5.74) is 2.58. The van der Waals surface area contributed by atoms with Crippen molar-refractivity contribution >= 4 is 52.2 Å². The molecule has 3 aromatic carbocycles. The van der Waals surface area contributed by atoms with Crippen molar-refractivity contribution in [3.05, 3.63) is 94.9 Å². The second-order valence-corrected chi connectivity index (χ2v) is 8.87. The monoisotopic (exact) mass is 515 g/mol. The third kappa shape index (κ3) is 6.65. The van der Waals surface area contributed by atoms with Crippen LogP contribution in [-0.4, -0.2) is 48.1 Å². The first-order valence-electron chi connectivity index (χ1n) is 11.5. The van der Waals surface area contributed by atoms with Crippen LogP contribution >= 0.6 is 11.8 Å². The maximum absolute atomic E-state index is 12.9. The van der Waals surface area contributed by atoms with Gasteiger partial charge < -0.3 is 14.8 Å². The summed E-state index contributed by atoms with van der Waals surface area (Å²) in [6.45, 7) is 2.24. The summed E-state index contributed by atoms with van der Waals surface area (Å²) in [5.74, 6) is -0.257. The third-order valence-corrected chi connectivity index (χ3v) is 6.33. The van der Waals surface area contributed by atoms with Crippen LogP contribution < -0.4 is 10.1 Å². The molecule has 1 aliphatic heterocycles. The molecule has 188 valence electrons. The van der Waals surface area contributed by atoms with Crippen LogP contribution in [0.2, 0.25) is 0 Å². The number of thioether (sulfide) groups is 1. The molecule has 9 heteroatoms. The zero-order chi connectivity index (χ0) is 26.2. The highest BCUT2D eigenvalue weighted by Crippen LogP contribution is 2.34. The Morgan fingerprint density at radius 2 is 1.70 bits per heavy atom. The third-order valence-electron chi connectivity index (χ3n) is 5.32. The highest BCUT2D eigenvalue weighted by atomic mass is 32.2. The Morgan fingerprint density at radius 3 is 2.35 bits per heavy atom. The van der Waals surface area contributed by atoms with Crippen molar-refractivity contribution in [3.63, 3.8) is 0 Å². The fourth-order valence-electron chi connectivity index (χ4n) is 3.45. The van der Waals surface area contributed by atoms with E-state index in [4.69, 9.17) is 9.47 Å². The van der Waals surface area contributed by atoms with Gasteiger partial charge in [-0.05, 0) is 78.9 Å². The largest absolute Gasteiger partial charge is 0.484 e. The summed E-state index contributed by atoms with van der Waals surface area (Å²) < 4.78 is 10.3. The lowest BCUT2D eigenvalue weighted by Crippen LogP contribution is -2.28. The molecule has 3 aromatic rings. The van der Waals surface area contributed by atoms with Crippen molar-refractivity contribution in [3.8, 4) is 5.75 Å². The van der Waals surface area contributed by atoms with Gasteiger partial charge >= 0.3 is 5.97 Å². The molecule has 0 radical (unpaired) electrons. The minimum Gasteiger partial charge on any atom is -0.484 e. The number of hydrogen-bond acceptors (Lipinski definition) is 7. The average Bonchev–Trinajstić information content (AvgIpc) is 3.22. The lowest BCUT2D eigenvalue weighted by atomic mass is 10.2. The quantitative estimate of drug-likeness (QED) is 0.331. The number of methoxy groups -OCH3 is 1. The van der Waals surface area contributed by atoms with Gasteiger partial charge in [-0.2, -0.15) is 0 Å². The molecule has 0 unspecified atom stereocenters. The van der Waals surface area contributed by atoms with E-state index in [9.17, 15) is 14.4 Å². The van der Waals surface area contributed by atoms with Crippen molar-refractivity contribution in [1.29, 1.82) is 0 Å². The molecular weight excluding hydrogens is 490 g/mol. The molecule has 0 spiro atoms. The average molecular weight is 516 g/mol. The van der Waals surface area contributed by atoms with E-state index in [-0.39, 0.29) is 18.4 Å². The number of amides is 2. The van der Waals surface area contributed by atoms with Crippen LogP contribution in [0.1, 0.15) is 22.8 Å². The standard InChI is InChI=1S/C28H25N3O5S/c1-3-31-26(33)24(37-28(31)30-22-13-11-20(12-14-22)27(34)35-2)17-19-9-15-23(16-10-19)36-18-25(32)29-21-7-5-4-6-8-21/h4-17H,3,18H2,1-2H3,(H,29,32)/b24-17+,30-28?. The predicted octanol–water partition coefficient (Wildman–Crippen LogP) is 5.11. The van der Waals surface area contributed by atoms with Crippen molar-refractivity contribution in [2.24, 2.45) is 4.99 Å². The summed E-state index contributed by atoms with van der Waals surface area (Å²) in [7, 11) is 1.33. The van der Waals surface area contributed by atoms with Crippen LogP contribution in [0.3, 0.4) is 0 Å². The lowest BCUT2D eigenvalue weighted by Gasteiger charge is -2.12. The lowest BCUT2D eigenvalue weighted by molar-refractivity contribution is -0.122. The van der Waals surface area contributed by atoms with Gasteiger partial charge in [0, 0.05) is 12.2 Å². The summed E-state index contributed by atoms with van der Waals surface area (Å²) in [6.07, 6.45) is 1.80. The molecule has 0 aliphatic carbocycles. The molecule has 2 amide bonds. The van der Waals surface area contributed by atoms with E-state index in [0.29, 0.717) is 39.3 Å². The van der Waals surface area contributed by atoms with E-state index in [2.05, 4.69) is 10.3 Å². The normalized spacial score (nSPS) is 15.2. The molecule has 1 saturated heterocycles. The van der Waals surface area contributed by atoms with Gasteiger partial charge in [0.05, 0.1) is 23.3 Å². The number of carbonyl (C=O) groups excluding carboxylic acids is 3. The van der Waals surface area contributed by atoms with E-state index >= 15 is 0 Å². The zero-order valence-electron chi connectivity index (χ0n) is 20.3. The fourth-order valence-corrected chi connectivity index (χ4v) is 4.51. The van der Waals surface area contributed by atoms with Gasteiger partial charge in [0.1, 0.15) is 5.75 Å². The second-order valence-electron chi connectivity index (χ2n) is 7.86. The number of benzene rings is 3. The zero-order valence-corrected chi connectivity index (χ0v) is 21.2. The summed E-state index contributed by atoms with van der Waals surface area (Å²) >= 11 is 1.29. The molecule has 0 aromatic heterocycles. The fraction of sp³-hybridized carbons (Fsp3) is 0.143. The molecule has 0 bridgehead atoms. The number of aliphatic imine (C=N–C) groups is 1. The molecule has 1 fully saturated rings. The van der Waals surface area contributed by atoms with E-state index in [0.717, 1.165) is 5.56 Å². The first kappa shape index (κ1) is 25.7. The van der Waals surface area contributed by atoms with Gasteiger partial charge in [-0.1, -0.05) is 30.3 Å². The first-order chi connectivity index (χ1) is 18.0. The van der Waals surface area contributed by atoms with Gasteiger partial charge in [0.25, 0.3) is 11.8 Å². The summed E-state index contributed by atoms with van der Waals surface area (Å²) in [5, 5.41) is 3.33. The van der Waals surface area contributed by atoms with Crippen LogP contribution in [0, 0.1) is 0 Å². The Labute approximate surface area is 219 Å². The first-order valence-corrected chi connectivity index (χ1v) is 12.3. The number of amidine groups is 1. The summed E-state index contributed by atoms with van der Waals surface area (Å²) in [4.78, 5) is 43.4. The number of carbonyl (C=O) groups is 3. The van der Waals surface area contributed by atoms with Gasteiger partial charge in [0.15, 0.2) is 11.8 Å². The number of nitrogens with zero attached hydrogens (tertiary/aromatic N) is 2. The Morgan fingerprint density at radius 1 is 1.00 bits per heavy atom. The molecule has 4 rings (SSSR count). The van der Waals surface area contributed by atoms with E-state index in [1.54, 1.807) is 59.5 Å². The van der Waals surface area contributed by atoms with Crippen molar-refractivity contribution in [2.45, 2.75) is 6.92 Å². The SMILES string of the molecule is CCN1C(=O)/C(=C\c2ccc(OCC(=O)Nc3ccccc3)cc2)SC1=Nc1ccc(C(=O)OC)cc1. The molecular formula is C28H25N3O5S. The topological polar surface area (TPSA) is 97.3 Å². The second kappa shape index (κ2) is 12.0. The van der Waals surface area contributed by atoms with E-state index in [1.807, 2.05) is 37.3 Å². The van der Waals surface area contributed by atoms with Gasteiger partial charge in [-0.15, -0.1) is 0 Å². The predicted molar refractivity (Wildman–Crippen MR) is 145 cm³/mol. The van der Waals surface area contributed by atoms with Crippen LogP contribution in [0.15, 0.2) is 88.8 Å². The maximum Gasteiger partial charge on any atom is 0.337 e. The maximum atomic E-state index is 12.9. The smallest absolute Gasteiger partial charge is 0.337 e. The Balaban J connectivity index is 1.40. The van der Waals surface area contributed by atoms with Crippen molar-refractivity contribution in [1.82, 2.24) is 4.90 Å². The van der Waals surface area contributed by atoms with Crippen molar-refractivity contribution < 1.29 is 23.9 Å². The van der Waals surface area contributed by atoms with Crippen LogP contribution in [0.25, 0.3) is 6.08 Å². The minimum absolute atomic E-state index is 0.116. The molecule has 0 saturated carbocycles. The number of para-hydroxylation sites is 1. The van der Waals surface area contributed by atoms with Gasteiger partial charge in [-0.25, -0.2) is 9.79 Å².